The topological polar surface area (TPSA) is 25.5 Å². The van der Waals surface area contributed by atoms with Crippen LogP contribution in [0.3, 0.4) is 0 Å². The van der Waals surface area contributed by atoms with Crippen molar-refractivity contribution in [2.45, 2.75) is 24.8 Å². The van der Waals surface area contributed by atoms with E-state index in [2.05, 4.69) is 44.9 Å². The van der Waals surface area contributed by atoms with Gasteiger partial charge in [-0.3, -0.25) is 0 Å². The van der Waals surface area contributed by atoms with Crippen LogP contribution in [0.1, 0.15) is 23.5 Å². The van der Waals surface area contributed by atoms with Crippen LogP contribution in [-0.4, -0.2) is 55.7 Å². The van der Waals surface area contributed by atoms with E-state index in [0.717, 1.165) is 50.0 Å². The maximum Gasteiger partial charge on any atom is 0.123 e. The van der Waals surface area contributed by atoms with Gasteiger partial charge in [-0.2, -0.15) is 0 Å². The minimum atomic E-state index is -0.159. The van der Waals surface area contributed by atoms with E-state index in [0.29, 0.717) is 12.0 Å². The predicted octanol–water partition coefficient (Wildman–Crippen LogP) is 3.98. The van der Waals surface area contributed by atoms with Gasteiger partial charge in [-0.05, 0) is 48.2 Å². The molecule has 2 atom stereocenters. The molecule has 0 amide bonds. The summed E-state index contributed by atoms with van der Waals surface area (Å²) >= 11 is 0. The molecule has 3 aliphatic heterocycles. The number of likely N-dealkylation sites (N-methyl/N-ethyl adjacent to an activating group) is 1. The van der Waals surface area contributed by atoms with Gasteiger partial charge in [0.15, 0.2) is 0 Å². The maximum atomic E-state index is 13.7. The molecule has 29 heavy (non-hydrogen) atoms. The van der Waals surface area contributed by atoms with Gasteiger partial charge < -0.3 is 19.7 Å². The minimum absolute atomic E-state index is 0.159. The SMILES string of the molecule is CN1CCN2c3c(cccc31)C1CN(CCc3c[nH]c4ccc(F)cc34)CCC12. The number of fused-ring (bicyclic) bond motifs is 4. The molecule has 150 valence electrons. The fraction of sp³-hybridized carbons (Fsp3) is 0.417. The summed E-state index contributed by atoms with van der Waals surface area (Å²) < 4.78 is 13.7. The Morgan fingerprint density at radius 2 is 2.07 bits per heavy atom. The summed E-state index contributed by atoms with van der Waals surface area (Å²) in [6.07, 6.45) is 4.24. The fourth-order valence-corrected chi connectivity index (χ4v) is 5.82. The van der Waals surface area contributed by atoms with Crippen LogP contribution in [0.25, 0.3) is 10.9 Å². The monoisotopic (exact) mass is 390 g/mol. The zero-order chi connectivity index (χ0) is 19.5. The predicted molar refractivity (Wildman–Crippen MR) is 117 cm³/mol. The molecule has 2 unspecified atom stereocenters. The number of para-hydroxylation sites is 1. The Kier molecular flexibility index (Phi) is 3.88. The number of anilines is 2. The summed E-state index contributed by atoms with van der Waals surface area (Å²) in [7, 11) is 2.21. The van der Waals surface area contributed by atoms with Crippen molar-refractivity contribution < 1.29 is 4.39 Å². The van der Waals surface area contributed by atoms with Gasteiger partial charge in [0.25, 0.3) is 0 Å². The number of halogens is 1. The smallest absolute Gasteiger partial charge is 0.123 e. The molecule has 4 heterocycles. The van der Waals surface area contributed by atoms with E-state index in [9.17, 15) is 4.39 Å². The first-order chi connectivity index (χ1) is 14.2. The Morgan fingerprint density at radius 3 is 3.00 bits per heavy atom. The molecule has 0 aliphatic carbocycles. The van der Waals surface area contributed by atoms with Crippen LogP contribution in [0.15, 0.2) is 42.6 Å². The molecule has 0 spiro atoms. The molecule has 0 radical (unpaired) electrons. The summed E-state index contributed by atoms with van der Waals surface area (Å²) in [5.74, 6) is 0.443. The molecule has 5 heteroatoms. The highest BCUT2D eigenvalue weighted by Crippen LogP contribution is 2.50. The average molecular weight is 391 g/mol. The normalized spacial score (nSPS) is 23.5. The van der Waals surface area contributed by atoms with Crippen molar-refractivity contribution in [3.8, 4) is 0 Å². The molecule has 3 aliphatic rings. The highest BCUT2D eigenvalue weighted by Gasteiger charge is 2.44. The second kappa shape index (κ2) is 6.49. The summed E-state index contributed by atoms with van der Waals surface area (Å²) in [5, 5.41) is 1.02. The lowest BCUT2D eigenvalue weighted by molar-refractivity contribution is 0.195. The number of hydrogen-bond donors (Lipinski definition) is 1. The Hall–Kier alpha value is -2.53. The minimum Gasteiger partial charge on any atom is -0.371 e. The van der Waals surface area contributed by atoms with Crippen LogP contribution < -0.4 is 9.80 Å². The van der Waals surface area contributed by atoms with Gasteiger partial charge in [0.05, 0.1) is 11.4 Å². The lowest BCUT2D eigenvalue weighted by Crippen LogP contribution is -2.49. The van der Waals surface area contributed by atoms with Gasteiger partial charge in [0.1, 0.15) is 5.82 Å². The number of benzene rings is 2. The van der Waals surface area contributed by atoms with Gasteiger partial charge in [-0.1, -0.05) is 12.1 Å². The van der Waals surface area contributed by atoms with Crippen LogP contribution in [0.5, 0.6) is 0 Å². The van der Waals surface area contributed by atoms with E-state index >= 15 is 0 Å². The molecular formula is C24H27FN4. The van der Waals surface area contributed by atoms with Gasteiger partial charge >= 0.3 is 0 Å². The van der Waals surface area contributed by atoms with Crippen molar-refractivity contribution in [3.05, 3.63) is 59.5 Å². The molecule has 1 saturated heterocycles. The van der Waals surface area contributed by atoms with Gasteiger partial charge in [-0.25, -0.2) is 4.39 Å². The Bertz CT molecular complexity index is 1070. The number of H-pyrrole nitrogens is 1. The number of rotatable bonds is 3. The van der Waals surface area contributed by atoms with Crippen molar-refractivity contribution >= 4 is 22.3 Å². The lowest BCUT2D eigenvalue weighted by Gasteiger charge is -2.41. The molecule has 1 aromatic heterocycles. The number of piperidine rings is 1. The van der Waals surface area contributed by atoms with E-state index in [1.165, 1.54) is 35.0 Å². The fourth-order valence-electron chi connectivity index (χ4n) is 5.82. The quantitative estimate of drug-likeness (QED) is 0.733. The number of hydrogen-bond acceptors (Lipinski definition) is 3. The molecule has 6 rings (SSSR count). The second-order valence-electron chi connectivity index (χ2n) is 8.85. The summed E-state index contributed by atoms with van der Waals surface area (Å²) in [6.45, 7) is 5.55. The van der Waals surface area contributed by atoms with Crippen LogP contribution in [0.4, 0.5) is 15.8 Å². The molecular weight excluding hydrogens is 363 g/mol. The standard InChI is InChI=1S/C24H27FN4/c1-27-11-12-29-22-8-10-28(15-20(22)18-3-2-4-23(27)24(18)29)9-7-16-14-26-21-6-5-17(25)13-19(16)21/h2-6,13-14,20,22,26H,7-12,15H2,1H3. The zero-order valence-electron chi connectivity index (χ0n) is 16.9. The summed E-state index contributed by atoms with van der Waals surface area (Å²) in [6, 6.07) is 12.5. The van der Waals surface area contributed by atoms with Gasteiger partial charge in [-0.15, -0.1) is 0 Å². The van der Waals surface area contributed by atoms with Gasteiger partial charge in [0, 0.05) is 68.8 Å². The Balaban J connectivity index is 1.22. The summed E-state index contributed by atoms with van der Waals surface area (Å²) in [4.78, 5) is 11.0. The van der Waals surface area contributed by atoms with E-state index in [1.807, 2.05) is 12.3 Å². The molecule has 1 N–H and O–H groups in total. The third-order valence-electron chi connectivity index (χ3n) is 7.31. The zero-order valence-corrected chi connectivity index (χ0v) is 16.9. The molecule has 3 aromatic rings. The first-order valence-electron chi connectivity index (χ1n) is 10.8. The van der Waals surface area contributed by atoms with Crippen molar-refractivity contribution in [2.24, 2.45) is 0 Å². The average Bonchev–Trinajstić information content (AvgIpc) is 3.28. The highest BCUT2D eigenvalue weighted by atomic mass is 19.1. The molecule has 1 fully saturated rings. The van der Waals surface area contributed by atoms with Crippen molar-refractivity contribution in [2.75, 3.05) is 49.6 Å². The van der Waals surface area contributed by atoms with Crippen molar-refractivity contribution in [1.82, 2.24) is 9.88 Å². The molecule has 0 bridgehead atoms. The molecule has 2 aromatic carbocycles. The molecule has 4 nitrogen and oxygen atoms in total. The van der Waals surface area contributed by atoms with Gasteiger partial charge in [0.2, 0.25) is 0 Å². The van der Waals surface area contributed by atoms with Crippen LogP contribution in [0.2, 0.25) is 0 Å². The second-order valence-corrected chi connectivity index (χ2v) is 8.85. The lowest BCUT2D eigenvalue weighted by atomic mass is 9.89. The van der Waals surface area contributed by atoms with Crippen molar-refractivity contribution in [3.63, 3.8) is 0 Å². The van der Waals surface area contributed by atoms with E-state index in [4.69, 9.17) is 0 Å². The highest BCUT2D eigenvalue weighted by molar-refractivity contribution is 5.83. The van der Waals surface area contributed by atoms with E-state index in [1.54, 1.807) is 6.07 Å². The van der Waals surface area contributed by atoms with Crippen LogP contribution in [-0.2, 0) is 6.42 Å². The Morgan fingerprint density at radius 1 is 1.14 bits per heavy atom. The van der Waals surface area contributed by atoms with Crippen LogP contribution in [0, 0.1) is 5.82 Å². The third-order valence-corrected chi connectivity index (χ3v) is 7.31. The first-order valence-corrected chi connectivity index (χ1v) is 10.8. The third kappa shape index (κ3) is 2.67. The summed E-state index contributed by atoms with van der Waals surface area (Å²) in [5.41, 5.74) is 6.67. The first kappa shape index (κ1) is 17.3. The maximum absolute atomic E-state index is 13.7. The number of nitrogens with zero attached hydrogens (tertiary/aromatic N) is 3. The molecule has 0 saturated carbocycles. The van der Waals surface area contributed by atoms with Crippen LogP contribution >= 0.6 is 0 Å². The number of likely N-dealkylation sites (tertiary alicyclic amines) is 1. The van der Waals surface area contributed by atoms with Crippen molar-refractivity contribution in [1.29, 1.82) is 0 Å². The largest absolute Gasteiger partial charge is 0.371 e. The number of aromatic amines is 1. The van der Waals surface area contributed by atoms with E-state index in [-0.39, 0.29) is 5.82 Å². The number of aromatic nitrogens is 1. The van der Waals surface area contributed by atoms with E-state index < -0.39 is 0 Å². The number of nitrogens with one attached hydrogen (secondary N) is 1. The Labute approximate surface area is 170 Å².